The van der Waals surface area contributed by atoms with Crippen molar-refractivity contribution in [2.24, 2.45) is 0 Å². The summed E-state index contributed by atoms with van der Waals surface area (Å²) in [6, 6.07) is 43.0. The van der Waals surface area contributed by atoms with Crippen molar-refractivity contribution in [3.05, 3.63) is 121 Å². The maximum atomic E-state index is 2.35. The van der Waals surface area contributed by atoms with Gasteiger partial charge in [0.05, 0.1) is 5.69 Å². The molecule has 0 spiro atoms. The van der Waals surface area contributed by atoms with E-state index in [1.165, 1.54) is 33.3 Å². The van der Waals surface area contributed by atoms with Gasteiger partial charge in [-0.1, -0.05) is 98.4 Å². The third-order valence-electron chi connectivity index (χ3n) is 5.83. The van der Waals surface area contributed by atoms with Gasteiger partial charge >= 0.3 is 0 Å². The first-order valence-corrected chi connectivity index (χ1v) is 10.9. The molecule has 5 rings (SSSR count). The Balaban J connectivity index is 0.00000259. The minimum atomic E-state index is 0. The summed E-state index contributed by atoms with van der Waals surface area (Å²) in [6.45, 7) is 0. The van der Waals surface area contributed by atoms with Crippen LogP contribution >= 0.6 is 0 Å². The Morgan fingerprint density at radius 3 is 1.88 bits per heavy atom. The van der Waals surface area contributed by atoms with Crippen LogP contribution < -0.4 is 9.80 Å². The molecule has 0 atom stereocenters. The molecular weight excluding hydrogens is 400 g/mol. The summed E-state index contributed by atoms with van der Waals surface area (Å²) in [7, 11) is 4.21. The van der Waals surface area contributed by atoms with Gasteiger partial charge in [-0.2, -0.15) is 0 Å². The van der Waals surface area contributed by atoms with Gasteiger partial charge in [0.25, 0.3) is 0 Å². The first-order valence-electron chi connectivity index (χ1n) is 10.9. The van der Waals surface area contributed by atoms with Crippen LogP contribution in [0.5, 0.6) is 0 Å². The second-order valence-corrected chi connectivity index (χ2v) is 8.13. The summed E-state index contributed by atoms with van der Waals surface area (Å²) in [5.74, 6) is 0. The van der Waals surface area contributed by atoms with Gasteiger partial charge in [0, 0.05) is 42.1 Å². The van der Waals surface area contributed by atoms with E-state index in [1.54, 1.807) is 0 Å². The van der Waals surface area contributed by atoms with Crippen LogP contribution in [0.4, 0.5) is 22.7 Å². The molecule has 0 unspecified atom stereocenters. The molecule has 5 aromatic rings. The number of rotatable bonds is 5. The molecule has 0 aliphatic heterocycles. The van der Waals surface area contributed by atoms with Crippen LogP contribution in [0, 0.1) is 0 Å². The number of benzene rings is 5. The van der Waals surface area contributed by atoms with E-state index in [9.17, 15) is 0 Å². The van der Waals surface area contributed by atoms with E-state index >= 15 is 0 Å². The van der Waals surface area contributed by atoms with Gasteiger partial charge in [-0.05, 0) is 41.3 Å². The van der Waals surface area contributed by atoms with Crippen molar-refractivity contribution in [2.45, 2.75) is 7.43 Å². The number of nitrogens with zero attached hydrogens (tertiary/aromatic N) is 2. The predicted octanol–water partition coefficient (Wildman–Crippen LogP) is 8.68. The van der Waals surface area contributed by atoms with Crippen molar-refractivity contribution in [1.29, 1.82) is 0 Å². The second-order valence-electron chi connectivity index (χ2n) is 8.13. The van der Waals surface area contributed by atoms with Gasteiger partial charge in [0.2, 0.25) is 0 Å². The second kappa shape index (κ2) is 9.62. The zero-order chi connectivity index (χ0) is 21.9. The van der Waals surface area contributed by atoms with Crippen LogP contribution in [0.3, 0.4) is 0 Å². The smallest absolute Gasteiger partial charge is 0.0540 e. The summed E-state index contributed by atoms with van der Waals surface area (Å²) < 4.78 is 0. The molecule has 0 saturated carbocycles. The van der Waals surface area contributed by atoms with Gasteiger partial charge in [-0.3, -0.25) is 0 Å². The number of anilines is 4. The fourth-order valence-electron chi connectivity index (χ4n) is 4.30. The van der Waals surface area contributed by atoms with Gasteiger partial charge < -0.3 is 9.80 Å². The van der Waals surface area contributed by atoms with Crippen LogP contribution in [-0.4, -0.2) is 14.1 Å². The minimum absolute atomic E-state index is 0. The van der Waals surface area contributed by atoms with Crippen molar-refractivity contribution in [1.82, 2.24) is 0 Å². The molecule has 5 aromatic carbocycles. The molecule has 0 saturated heterocycles. The Labute approximate surface area is 197 Å². The molecular formula is C31H30N2. The van der Waals surface area contributed by atoms with Crippen LogP contribution in [-0.2, 0) is 0 Å². The van der Waals surface area contributed by atoms with E-state index in [2.05, 4.69) is 145 Å². The van der Waals surface area contributed by atoms with E-state index in [1.807, 2.05) is 0 Å². The number of hydrogen-bond acceptors (Lipinski definition) is 2. The topological polar surface area (TPSA) is 6.48 Å². The zero-order valence-electron chi connectivity index (χ0n) is 18.4. The van der Waals surface area contributed by atoms with Gasteiger partial charge in [-0.25, -0.2) is 0 Å². The van der Waals surface area contributed by atoms with Crippen molar-refractivity contribution < 1.29 is 0 Å². The standard InChI is InChI=1S/C30H26N2.CH4/c1-31(2)30-22-26(20-21-28(30)23-12-5-3-6-13-23)32(25-16-7-4-8-17-25)29-19-11-15-24-14-9-10-18-27(24)29;/h3-22H,1-2H3;1H4. The number of hydrogen-bond donors (Lipinski definition) is 0. The summed E-state index contributed by atoms with van der Waals surface area (Å²) in [5, 5.41) is 2.47. The molecule has 33 heavy (non-hydrogen) atoms. The van der Waals surface area contributed by atoms with E-state index in [0.717, 1.165) is 11.4 Å². The van der Waals surface area contributed by atoms with Crippen LogP contribution in [0.15, 0.2) is 121 Å². The molecule has 0 fully saturated rings. The Bertz CT molecular complexity index is 1340. The maximum Gasteiger partial charge on any atom is 0.0540 e. The fraction of sp³-hybridized carbons (Fsp3) is 0.0968. The maximum absolute atomic E-state index is 2.35. The molecule has 0 aliphatic rings. The van der Waals surface area contributed by atoms with Crippen LogP contribution in [0.1, 0.15) is 7.43 Å². The van der Waals surface area contributed by atoms with Gasteiger partial charge in [-0.15, -0.1) is 0 Å². The van der Waals surface area contributed by atoms with E-state index in [-0.39, 0.29) is 7.43 Å². The SMILES string of the molecule is C.CN(C)c1cc(N(c2ccccc2)c2cccc3ccccc23)ccc1-c1ccccc1. The summed E-state index contributed by atoms with van der Waals surface area (Å²) in [5.41, 5.74) is 7.09. The lowest BCUT2D eigenvalue weighted by Gasteiger charge is -2.29. The first kappa shape index (κ1) is 22.2. The number of fused-ring (bicyclic) bond motifs is 1. The van der Waals surface area contributed by atoms with Crippen LogP contribution in [0.25, 0.3) is 21.9 Å². The molecule has 0 heterocycles. The molecule has 0 radical (unpaired) electrons. The average molecular weight is 431 g/mol. The van der Waals surface area contributed by atoms with E-state index in [0.29, 0.717) is 0 Å². The Morgan fingerprint density at radius 1 is 0.515 bits per heavy atom. The van der Waals surface area contributed by atoms with Crippen molar-refractivity contribution in [2.75, 3.05) is 23.9 Å². The van der Waals surface area contributed by atoms with E-state index < -0.39 is 0 Å². The Morgan fingerprint density at radius 2 is 1.15 bits per heavy atom. The molecule has 0 aliphatic carbocycles. The highest BCUT2D eigenvalue weighted by atomic mass is 15.1. The molecule has 0 aromatic heterocycles. The Kier molecular flexibility index (Phi) is 6.46. The molecule has 0 N–H and O–H groups in total. The van der Waals surface area contributed by atoms with Crippen molar-refractivity contribution in [3.8, 4) is 11.1 Å². The first-order chi connectivity index (χ1) is 15.7. The highest BCUT2D eigenvalue weighted by molar-refractivity contribution is 5.99. The lowest BCUT2D eigenvalue weighted by atomic mass is 10.0. The number of para-hydroxylation sites is 1. The van der Waals surface area contributed by atoms with Crippen molar-refractivity contribution >= 4 is 33.5 Å². The predicted molar refractivity (Wildman–Crippen MR) is 145 cm³/mol. The lowest BCUT2D eigenvalue weighted by molar-refractivity contribution is 1.13. The van der Waals surface area contributed by atoms with E-state index in [4.69, 9.17) is 0 Å². The molecule has 2 heteroatoms. The van der Waals surface area contributed by atoms with Crippen LogP contribution in [0.2, 0.25) is 0 Å². The highest BCUT2D eigenvalue weighted by Gasteiger charge is 2.17. The molecule has 0 bridgehead atoms. The Hall–Kier alpha value is -4.04. The fourth-order valence-corrected chi connectivity index (χ4v) is 4.30. The minimum Gasteiger partial charge on any atom is -0.377 e. The van der Waals surface area contributed by atoms with Gasteiger partial charge in [0.15, 0.2) is 0 Å². The lowest BCUT2D eigenvalue weighted by Crippen LogP contribution is -2.14. The van der Waals surface area contributed by atoms with Crippen molar-refractivity contribution in [3.63, 3.8) is 0 Å². The molecule has 164 valence electrons. The quantitative estimate of drug-likeness (QED) is 0.275. The monoisotopic (exact) mass is 430 g/mol. The summed E-state index contributed by atoms with van der Waals surface area (Å²) in [6.07, 6.45) is 0. The summed E-state index contributed by atoms with van der Waals surface area (Å²) in [4.78, 5) is 4.54. The zero-order valence-corrected chi connectivity index (χ0v) is 18.4. The third kappa shape index (κ3) is 4.33. The third-order valence-corrected chi connectivity index (χ3v) is 5.83. The normalized spacial score (nSPS) is 10.5. The molecule has 0 amide bonds. The van der Waals surface area contributed by atoms with Gasteiger partial charge in [0.1, 0.15) is 0 Å². The largest absolute Gasteiger partial charge is 0.377 e. The molecule has 2 nitrogen and oxygen atoms in total. The average Bonchev–Trinajstić information content (AvgIpc) is 2.85. The highest BCUT2D eigenvalue weighted by Crippen LogP contribution is 2.42. The summed E-state index contributed by atoms with van der Waals surface area (Å²) >= 11 is 0.